The molecule has 0 radical (unpaired) electrons. The fourth-order valence-corrected chi connectivity index (χ4v) is 1.87. The van der Waals surface area contributed by atoms with Crippen molar-refractivity contribution in [2.24, 2.45) is 5.73 Å². The van der Waals surface area contributed by atoms with E-state index >= 15 is 0 Å². The maximum absolute atomic E-state index is 11.8. The van der Waals surface area contributed by atoms with Crippen LogP contribution >= 0.6 is 0 Å². The predicted octanol–water partition coefficient (Wildman–Crippen LogP) is 2.55. The van der Waals surface area contributed by atoms with Gasteiger partial charge in [0.1, 0.15) is 5.60 Å². The molecule has 4 N–H and O–H groups in total. The van der Waals surface area contributed by atoms with Gasteiger partial charge in [-0.1, -0.05) is 19.1 Å². The molecular weight excluding hydrogens is 268 g/mol. The van der Waals surface area contributed by atoms with Crippen molar-refractivity contribution >= 4 is 11.8 Å². The summed E-state index contributed by atoms with van der Waals surface area (Å²) in [5, 5.41) is 12.2. The Kier molecular flexibility index (Phi) is 5.36. The van der Waals surface area contributed by atoms with Crippen LogP contribution in [0.4, 0.5) is 10.5 Å². The number of ether oxygens (including phenoxy) is 1. The number of anilines is 1. The van der Waals surface area contributed by atoms with E-state index in [4.69, 9.17) is 10.5 Å². The summed E-state index contributed by atoms with van der Waals surface area (Å²) in [6, 6.07) is 5.59. The molecule has 1 aromatic carbocycles. The molecule has 118 valence electrons. The standard InChI is InChI=1S/C16H26N2O3/c1-11-8-12(16(5,9-17)10-19)6-7-13(11)18-14(20)21-15(2,3)4/h6-8,19H,9-10,17H2,1-5H3,(H,18,20). The lowest BCUT2D eigenvalue weighted by Crippen LogP contribution is -2.35. The Balaban J connectivity index is 2.91. The smallest absolute Gasteiger partial charge is 0.412 e. The van der Waals surface area contributed by atoms with Crippen molar-refractivity contribution in [1.29, 1.82) is 0 Å². The summed E-state index contributed by atoms with van der Waals surface area (Å²) in [6.07, 6.45) is -0.484. The number of hydrogen-bond acceptors (Lipinski definition) is 4. The fraction of sp³-hybridized carbons (Fsp3) is 0.562. The molecule has 1 aromatic rings. The van der Waals surface area contributed by atoms with Crippen molar-refractivity contribution in [2.45, 2.75) is 45.6 Å². The molecule has 1 rings (SSSR count). The lowest BCUT2D eigenvalue weighted by atomic mass is 9.82. The molecule has 0 spiro atoms. The number of rotatable bonds is 4. The average Bonchev–Trinajstić information content (AvgIpc) is 2.38. The zero-order valence-electron chi connectivity index (χ0n) is 13.5. The first-order valence-corrected chi connectivity index (χ1v) is 7.03. The highest BCUT2D eigenvalue weighted by Crippen LogP contribution is 2.26. The third-order valence-corrected chi connectivity index (χ3v) is 3.36. The first-order chi connectivity index (χ1) is 9.61. The van der Waals surface area contributed by atoms with E-state index in [0.717, 1.165) is 11.1 Å². The first kappa shape index (κ1) is 17.5. The van der Waals surface area contributed by atoms with E-state index in [1.54, 1.807) is 6.07 Å². The number of amides is 1. The van der Waals surface area contributed by atoms with E-state index in [9.17, 15) is 9.90 Å². The van der Waals surface area contributed by atoms with Crippen LogP contribution in [0.3, 0.4) is 0 Å². The predicted molar refractivity (Wildman–Crippen MR) is 84.5 cm³/mol. The summed E-state index contributed by atoms with van der Waals surface area (Å²) in [6.45, 7) is 9.57. The van der Waals surface area contributed by atoms with E-state index in [1.165, 1.54) is 0 Å². The molecule has 1 atom stereocenters. The molecule has 0 bridgehead atoms. The molecule has 0 aliphatic carbocycles. The number of carbonyl (C=O) groups is 1. The first-order valence-electron chi connectivity index (χ1n) is 7.03. The van der Waals surface area contributed by atoms with Crippen LogP contribution < -0.4 is 11.1 Å². The Morgan fingerprint density at radius 1 is 1.33 bits per heavy atom. The van der Waals surface area contributed by atoms with Crippen LogP contribution in [-0.2, 0) is 10.2 Å². The molecule has 0 saturated heterocycles. The fourth-order valence-electron chi connectivity index (χ4n) is 1.87. The number of hydrogen-bond donors (Lipinski definition) is 3. The maximum atomic E-state index is 11.8. The van der Waals surface area contributed by atoms with Gasteiger partial charge in [-0.3, -0.25) is 5.32 Å². The molecule has 1 unspecified atom stereocenters. The van der Waals surface area contributed by atoms with Gasteiger partial charge in [0.2, 0.25) is 0 Å². The van der Waals surface area contributed by atoms with Gasteiger partial charge in [0.25, 0.3) is 0 Å². The van der Waals surface area contributed by atoms with Gasteiger partial charge < -0.3 is 15.6 Å². The second kappa shape index (κ2) is 6.45. The number of benzene rings is 1. The van der Waals surface area contributed by atoms with Crippen LogP contribution in [0, 0.1) is 6.92 Å². The van der Waals surface area contributed by atoms with Gasteiger partial charge in [0.05, 0.1) is 6.61 Å². The average molecular weight is 294 g/mol. The Labute approximate surface area is 126 Å². The molecule has 0 fully saturated rings. The van der Waals surface area contributed by atoms with Crippen molar-refractivity contribution in [3.05, 3.63) is 29.3 Å². The Morgan fingerprint density at radius 3 is 2.38 bits per heavy atom. The zero-order chi connectivity index (χ0) is 16.3. The number of aliphatic hydroxyl groups is 1. The second-order valence-electron chi connectivity index (χ2n) is 6.58. The molecule has 0 heterocycles. The van der Waals surface area contributed by atoms with E-state index in [0.29, 0.717) is 12.2 Å². The lowest BCUT2D eigenvalue weighted by molar-refractivity contribution is 0.0636. The molecule has 0 saturated carbocycles. The largest absolute Gasteiger partial charge is 0.444 e. The van der Waals surface area contributed by atoms with Crippen molar-refractivity contribution in [1.82, 2.24) is 0 Å². The van der Waals surface area contributed by atoms with Crippen LogP contribution in [0.1, 0.15) is 38.8 Å². The monoisotopic (exact) mass is 294 g/mol. The van der Waals surface area contributed by atoms with Gasteiger partial charge in [-0.05, 0) is 44.9 Å². The topological polar surface area (TPSA) is 84.6 Å². The number of aliphatic hydroxyl groups excluding tert-OH is 1. The molecule has 21 heavy (non-hydrogen) atoms. The molecule has 0 aromatic heterocycles. The molecule has 5 nitrogen and oxygen atoms in total. The highest BCUT2D eigenvalue weighted by atomic mass is 16.6. The Morgan fingerprint density at radius 2 is 1.95 bits per heavy atom. The summed E-state index contributed by atoms with van der Waals surface area (Å²) in [7, 11) is 0. The summed E-state index contributed by atoms with van der Waals surface area (Å²) in [5.74, 6) is 0. The van der Waals surface area contributed by atoms with Crippen LogP contribution in [0.15, 0.2) is 18.2 Å². The Bertz CT molecular complexity index is 503. The van der Waals surface area contributed by atoms with Gasteiger partial charge in [0, 0.05) is 17.6 Å². The summed E-state index contributed by atoms with van der Waals surface area (Å²) >= 11 is 0. The van der Waals surface area contributed by atoms with Crippen molar-refractivity contribution in [3.63, 3.8) is 0 Å². The van der Waals surface area contributed by atoms with E-state index in [2.05, 4.69) is 5.32 Å². The van der Waals surface area contributed by atoms with E-state index < -0.39 is 17.1 Å². The van der Waals surface area contributed by atoms with Crippen molar-refractivity contribution in [3.8, 4) is 0 Å². The van der Waals surface area contributed by atoms with Crippen LogP contribution in [0.2, 0.25) is 0 Å². The van der Waals surface area contributed by atoms with Gasteiger partial charge in [0.15, 0.2) is 0 Å². The van der Waals surface area contributed by atoms with Gasteiger partial charge in [-0.2, -0.15) is 0 Å². The summed E-state index contributed by atoms with van der Waals surface area (Å²) in [4.78, 5) is 11.8. The molecular formula is C16H26N2O3. The van der Waals surface area contributed by atoms with Crippen LogP contribution in [0.25, 0.3) is 0 Å². The van der Waals surface area contributed by atoms with Gasteiger partial charge in [-0.15, -0.1) is 0 Å². The van der Waals surface area contributed by atoms with Crippen LogP contribution in [0.5, 0.6) is 0 Å². The highest BCUT2D eigenvalue weighted by Gasteiger charge is 2.25. The number of nitrogens with two attached hydrogens (primary N) is 1. The van der Waals surface area contributed by atoms with E-state index in [-0.39, 0.29) is 6.61 Å². The third-order valence-electron chi connectivity index (χ3n) is 3.36. The number of nitrogens with one attached hydrogen (secondary N) is 1. The Hall–Kier alpha value is -1.59. The maximum Gasteiger partial charge on any atom is 0.412 e. The normalized spacial score (nSPS) is 14.4. The minimum atomic E-state index is -0.535. The van der Waals surface area contributed by atoms with Crippen molar-refractivity contribution < 1.29 is 14.6 Å². The van der Waals surface area contributed by atoms with Crippen molar-refractivity contribution in [2.75, 3.05) is 18.5 Å². The summed E-state index contributed by atoms with van der Waals surface area (Å²) < 4.78 is 5.23. The molecule has 0 aliphatic rings. The minimum absolute atomic E-state index is 0.0260. The molecule has 1 amide bonds. The van der Waals surface area contributed by atoms with Crippen LogP contribution in [-0.4, -0.2) is 30.0 Å². The quantitative estimate of drug-likeness (QED) is 0.796. The van der Waals surface area contributed by atoms with Gasteiger partial charge in [-0.25, -0.2) is 4.79 Å². The highest BCUT2D eigenvalue weighted by molar-refractivity contribution is 5.86. The van der Waals surface area contributed by atoms with Gasteiger partial charge >= 0.3 is 6.09 Å². The molecule has 0 aliphatic heterocycles. The minimum Gasteiger partial charge on any atom is -0.444 e. The van der Waals surface area contributed by atoms with E-state index in [1.807, 2.05) is 46.8 Å². The number of carbonyl (C=O) groups excluding carboxylic acids is 1. The zero-order valence-corrected chi connectivity index (χ0v) is 13.5. The number of aryl methyl sites for hydroxylation is 1. The summed E-state index contributed by atoms with van der Waals surface area (Å²) in [5.41, 5.74) is 7.25. The lowest BCUT2D eigenvalue weighted by Gasteiger charge is -2.27. The molecule has 5 heteroatoms. The third kappa shape index (κ3) is 4.72. The SMILES string of the molecule is Cc1cc(C(C)(CN)CO)ccc1NC(=O)OC(C)(C)C. The second-order valence-corrected chi connectivity index (χ2v) is 6.58.